The Bertz CT molecular complexity index is 1480. The average molecular weight is 875 g/mol. The van der Waals surface area contributed by atoms with Gasteiger partial charge in [-0.05, 0) is 51.3 Å². The molecule has 3 aromatic heterocycles. The van der Waals surface area contributed by atoms with Gasteiger partial charge in [0, 0.05) is 41.3 Å². The van der Waals surface area contributed by atoms with Crippen LogP contribution in [-0.2, 0) is 13.1 Å². The molecule has 246 valence electrons. The van der Waals surface area contributed by atoms with Gasteiger partial charge in [-0.2, -0.15) is 0 Å². The van der Waals surface area contributed by atoms with Gasteiger partial charge in [-0.25, -0.2) is 0 Å². The van der Waals surface area contributed by atoms with Crippen molar-refractivity contribution in [2.45, 2.75) is 13.1 Å². The van der Waals surface area contributed by atoms with Crippen LogP contribution in [-0.4, -0.2) is 59.0 Å². The number of nitrogen functional groups attached to an aromatic ring is 3. The maximum Gasteiger partial charge on any atom is 0.207 e. The van der Waals surface area contributed by atoms with Crippen molar-refractivity contribution in [1.29, 1.82) is 0 Å². The van der Waals surface area contributed by atoms with E-state index in [1.165, 1.54) is 34.0 Å². The SMILES string of the molecule is BrBr.COc1ccc(CN)cc1OC.COc1ccc(CNc2nnc(N)s2)cc1OC.Nc1nnc(Br)s1.Nc1nncs1. The number of nitrogens with zero attached hydrogens (tertiary/aromatic N) is 6. The normalized spacial score (nSPS) is 9.33. The van der Waals surface area contributed by atoms with E-state index < -0.39 is 0 Å². The molecule has 0 fully saturated rings. The number of aromatic nitrogens is 6. The summed E-state index contributed by atoms with van der Waals surface area (Å²) in [6.45, 7) is 1.13. The van der Waals surface area contributed by atoms with Crippen LogP contribution in [0.4, 0.5) is 20.5 Å². The van der Waals surface area contributed by atoms with Crippen molar-refractivity contribution in [2.24, 2.45) is 5.73 Å². The molecular formula is C24H32Br3N11O4S3. The van der Waals surface area contributed by atoms with Gasteiger partial charge in [0.2, 0.25) is 20.5 Å². The summed E-state index contributed by atoms with van der Waals surface area (Å²) in [5, 5.41) is 26.9. The van der Waals surface area contributed by atoms with Crippen LogP contribution in [0.5, 0.6) is 23.0 Å². The third-order valence-electron chi connectivity index (χ3n) is 4.81. The Hall–Kier alpha value is -3.08. The number of hydrogen-bond donors (Lipinski definition) is 5. The molecule has 0 aliphatic carbocycles. The van der Waals surface area contributed by atoms with Gasteiger partial charge in [0.25, 0.3) is 0 Å². The molecule has 9 N–H and O–H groups in total. The molecule has 0 saturated carbocycles. The van der Waals surface area contributed by atoms with E-state index in [0.29, 0.717) is 45.1 Å². The van der Waals surface area contributed by atoms with Gasteiger partial charge in [0.05, 0.1) is 28.4 Å². The van der Waals surface area contributed by atoms with Crippen molar-refractivity contribution in [3.63, 3.8) is 0 Å². The van der Waals surface area contributed by atoms with E-state index in [-0.39, 0.29) is 0 Å². The third kappa shape index (κ3) is 15.7. The second-order valence-corrected chi connectivity index (χ2v) is 11.7. The molecule has 2 aromatic carbocycles. The minimum absolute atomic E-state index is 0.449. The maximum absolute atomic E-state index is 5.50. The van der Waals surface area contributed by atoms with Gasteiger partial charge < -0.3 is 47.2 Å². The largest absolute Gasteiger partial charge is 0.493 e. The molecule has 0 aliphatic heterocycles. The number of benzene rings is 2. The molecule has 0 saturated heterocycles. The zero-order valence-electron chi connectivity index (χ0n) is 24.4. The molecule has 3 heterocycles. The molecule has 0 aliphatic rings. The molecule has 0 amide bonds. The lowest BCUT2D eigenvalue weighted by Crippen LogP contribution is -2.00. The van der Waals surface area contributed by atoms with E-state index >= 15 is 0 Å². The topological polar surface area (TPSA) is 230 Å². The molecule has 21 heteroatoms. The molecule has 5 rings (SSSR count). The quantitative estimate of drug-likeness (QED) is 0.128. The first-order chi connectivity index (χ1) is 21.7. The first-order valence-electron chi connectivity index (χ1n) is 12.1. The van der Waals surface area contributed by atoms with Gasteiger partial charge in [-0.1, -0.05) is 46.1 Å². The summed E-state index contributed by atoms with van der Waals surface area (Å²) in [6, 6.07) is 11.4. The molecule has 0 radical (unpaired) electrons. The summed E-state index contributed by atoms with van der Waals surface area (Å²) in [5.74, 6) is 2.87. The first-order valence-corrected chi connectivity index (χ1v) is 19.1. The second kappa shape index (κ2) is 23.3. The molecule has 45 heavy (non-hydrogen) atoms. The summed E-state index contributed by atoms with van der Waals surface area (Å²) in [7, 11) is 6.44. The van der Waals surface area contributed by atoms with E-state index in [0.717, 1.165) is 26.5 Å². The number of nitrogens with one attached hydrogen (secondary N) is 1. The summed E-state index contributed by atoms with van der Waals surface area (Å²) in [5.41, 5.74) is 25.0. The Balaban J connectivity index is 0.000000321. The van der Waals surface area contributed by atoms with E-state index in [1.54, 1.807) is 33.9 Å². The zero-order valence-corrected chi connectivity index (χ0v) is 31.6. The minimum Gasteiger partial charge on any atom is -0.493 e. The molecule has 0 spiro atoms. The monoisotopic (exact) mass is 871 g/mol. The van der Waals surface area contributed by atoms with Gasteiger partial charge in [0.15, 0.2) is 26.9 Å². The summed E-state index contributed by atoms with van der Waals surface area (Å²) in [6.07, 6.45) is 0. The highest BCUT2D eigenvalue weighted by atomic mass is 80.9. The van der Waals surface area contributed by atoms with E-state index in [2.05, 4.69) is 80.1 Å². The zero-order chi connectivity index (χ0) is 33.6. The van der Waals surface area contributed by atoms with E-state index in [1.807, 2.05) is 36.4 Å². The van der Waals surface area contributed by atoms with Crippen molar-refractivity contribution in [2.75, 3.05) is 51.0 Å². The summed E-state index contributed by atoms with van der Waals surface area (Å²) < 4.78 is 21.3. The number of nitrogens with two attached hydrogens (primary N) is 4. The van der Waals surface area contributed by atoms with Crippen LogP contribution < -0.4 is 47.2 Å². The summed E-state index contributed by atoms with van der Waals surface area (Å²) in [4.78, 5) is 0. The van der Waals surface area contributed by atoms with Crippen LogP contribution in [0.25, 0.3) is 0 Å². The third-order valence-corrected chi connectivity index (χ3v) is 7.23. The van der Waals surface area contributed by atoms with Crippen molar-refractivity contribution in [3.05, 3.63) is 57.0 Å². The van der Waals surface area contributed by atoms with Gasteiger partial charge in [0.1, 0.15) is 5.51 Å². The Labute approximate surface area is 296 Å². The highest BCUT2D eigenvalue weighted by molar-refractivity contribution is 9.93. The summed E-state index contributed by atoms with van der Waals surface area (Å²) >= 11 is 12.6. The van der Waals surface area contributed by atoms with Crippen molar-refractivity contribution < 1.29 is 18.9 Å². The Kier molecular flexibility index (Phi) is 20.7. The number of rotatable bonds is 8. The number of anilines is 4. The number of halogens is 3. The minimum atomic E-state index is 0.449. The van der Waals surface area contributed by atoms with Crippen LogP contribution in [0.3, 0.4) is 0 Å². The Morgan fingerprint density at radius 3 is 1.58 bits per heavy atom. The number of methoxy groups -OCH3 is 4. The fourth-order valence-electron chi connectivity index (χ4n) is 2.88. The lowest BCUT2D eigenvalue weighted by molar-refractivity contribution is 0.354. The lowest BCUT2D eigenvalue weighted by atomic mass is 10.2. The molecule has 0 bridgehead atoms. The maximum atomic E-state index is 5.50. The van der Waals surface area contributed by atoms with Gasteiger partial charge in [-0.15, -0.1) is 30.6 Å². The highest BCUT2D eigenvalue weighted by Crippen LogP contribution is 2.28. The first kappa shape index (κ1) is 39.9. The number of ether oxygens (including phenoxy) is 4. The molecular weight excluding hydrogens is 842 g/mol. The van der Waals surface area contributed by atoms with Crippen molar-refractivity contribution >= 4 is 98.7 Å². The standard InChI is InChI=1S/C11H14N4O2S.C9H13NO2.C2H2BrN3S.C2H3N3S.Br2/c1-16-8-4-3-7(5-9(8)17-2)6-13-11-15-14-10(12)18-11;1-11-8-4-3-7(6-10)5-9(8)12-2;3-1-5-6-2(4)7-1;3-2-5-4-1-6-2;1-2/h3-5H,6H2,1-2H3,(H2,12,14)(H,13,15);3-5H,6,10H2,1-2H3;(H2,4,6);1H,(H2,3,5);. The lowest BCUT2D eigenvalue weighted by Gasteiger charge is -2.09. The number of hydrogen-bond acceptors (Lipinski definition) is 18. The van der Waals surface area contributed by atoms with Crippen molar-refractivity contribution in [1.82, 2.24) is 30.6 Å². The molecule has 0 atom stereocenters. The average Bonchev–Trinajstić information content (AvgIpc) is 3.83. The highest BCUT2D eigenvalue weighted by Gasteiger charge is 2.06. The molecule has 0 unspecified atom stereocenters. The van der Waals surface area contributed by atoms with E-state index in [9.17, 15) is 0 Å². The molecule has 5 aromatic rings. The predicted octanol–water partition coefficient (Wildman–Crippen LogP) is 5.61. The fraction of sp³-hybridized carbons (Fsp3) is 0.250. The van der Waals surface area contributed by atoms with Crippen molar-refractivity contribution in [3.8, 4) is 23.0 Å². The van der Waals surface area contributed by atoms with Crippen LogP contribution in [0.15, 0.2) is 45.8 Å². The second-order valence-electron chi connectivity index (χ2n) is 7.55. The van der Waals surface area contributed by atoms with Crippen LogP contribution in [0.2, 0.25) is 0 Å². The fourth-order valence-corrected chi connectivity index (χ4v) is 4.59. The van der Waals surface area contributed by atoms with Crippen LogP contribution >= 0.6 is 78.2 Å². The smallest absolute Gasteiger partial charge is 0.207 e. The Morgan fingerprint density at radius 1 is 0.689 bits per heavy atom. The predicted molar refractivity (Wildman–Crippen MR) is 193 cm³/mol. The van der Waals surface area contributed by atoms with Gasteiger partial charge in [-0.3, -0.25) is 0 Å². The van der Waals surface area contributed by atoms with Crippen LogP contribution in [0, 0.1) is 0 Å². The van der Waals surface area contributed by atoms with Crippen LogP contribution in [0.1, 0.15) is 11.1 Å². The Morgan fingerprint density at radius 2 is 1.22 bits per heavy atom. The van der Waals surface area contributed by atoms with E-state index in [4.69, 9.17) is 41.9 Å². The van der Waals surface area contributed by atoms with Gasteiger partial charge >= 0.3 is 0 Å². The molecule has 15 nitrogen and oxygen atoms in total.